The molecule has 0 saturated heterocycles. The van der Waals surface area contributed by atoms with Crippen LogP contribution >= 0.6 is 0 Å². The second-order valence-electron chi connectivity index (χ2n) is 5.21. The number of nitrogens with one attached hydrogen (secondary N) is 1. The second-order valence-corrected chi connectivity index (χ2v) is 5.21. The van der Waals surface area contributed by atoms with Gasteiger partial charge >= 0.3 is 5.97 Å². The van der Waals surface area contributed by atoms with Crippen molar-refractivity contribution in [2.75, 3.05) is 13.7 Å². The van der Waals surface area contributed by atoms with Crippen molar-refractivity contribution >= 4 is 28.7 Å². The standard InChI is InChI=1S/C19H15N3O3/c1-24-18(23)12-25-15-6-4-5-13(10-15)9-14(11-20)19-21-16-7-2-3-8-17(16)22-19/h2-10H,12H2,1H3,(H,21,22)/b14-9+. The summed E-state index contributed by atoms with van der Waals surface area (Å²) < 4.78 is 9.90. The maximum Gasteiger partial charge on any atom is 0.343 e. The Morgan fingerprint density at radius 1 is 1.28 bits per heavy atom. The maximum absolute atomic E-state index is 11.1. The molecule has 124 valence electrons. The number of hydrogen-bond donors (Lipinski definition) is 1. The van der Waals surface area contributed by atoms with Gasteiger partial charge in [0.2, 0.25) is 0 Å². The molecule has 6 heteroatoms. The van der Waals surface area contributed by atoms with Gasteiger partial charge in [-0.1, -0.05) is 24.3 Å². The third-order valence-corrected chi connectivity index (χ3v) is 3.52. The molecule has 0 spiro atoms. The fraction of sp³-hybridized carbons (Fsp3) is 0.105. The summed E-state index contributed by atoms with van der Waals surface area (Å²) in [5, 5.41) is 9.47. The van der Waals surface area contributed by atoms with Crippen LogP contribution in [-0.4, -0.2) is 29.7 Å². The Bertz CT molecular complexity index is 950. The highest BCUT2D eigenvalue weighted by Gasteiger charge is 2.08. The lowest BCUT2D eigenvalue weighted by Crippen LogP contribution is -2.12. The van der Waals surface area contributed by atoms with E-state index >= 15 is 0 Å². The van der Waals surface area contributed by atoms with E-state index in [9.17, 15) is 10.1 Å². The predicted molar refractivity (Wildman–Crippen MR) is 93.5 cm³/mol. The van der Waals surface area contributed by atoms with Crippen molar-refractivity contribution in [3.05, 3.63) is 59.9 Å². The summed E-state index contributed by atoms with van der Waals surface area (Å²) in [7, 11) is 1.30. The van der Waals surface area contributed by atoms with Gasteiger partial charge in [0.1, 0.15) is 17.6 Å². The summed E-state index contributed by atoms with van der Waals surface area (Å²) in [6, 6.07) is 16.8. The first kappa shape index (κ1) is 16.3. The number of rotatable bonds is 5. The average Bonchev–Trinajstić information content (AvgIpc) is 3.08. The van der Waals surface area contributed by atoms with Crippen molar-refractivity contribution in [1.29, 1.82) is 5.26 Å². The van der Waals surface area contributed by atoms with Crippen molar-refractivity contribution in [2.45, 2.75) is 0 Å². The van der Waals surface area contributed by atoms with Crippen molar-refractivity contribution in [3.63, 3.8) is 0 Å². The Balaban J connectivity index is 1.87. The summed E-state index contributed by atoms with van der Waals surface area (Å²) in [6.07, 6.45) is 1.71. The zero-order valence-corrected chi connectivity index (χ0v) is 13.5. The lowest BCUT2D eigenvalue weighted by molar-refractivity contribution is -0.142. The van der Waals surface area contributed by atoms with E-state index in [-0.39, 0.29) is 6.61 Å². The number of carbonyl (C=O) groups excluding carboxylic acids is 1. The number of para-hydroxylation sites is 2. The summed E-state index contributed by atoms with van der Waals surface area (Å²) in [5.74, 6) is 0.562. The number of methoxy groups -OCH3 is 1. The molecule has 0 aliphatic carbocycles. The number of H-pyrrole nitrogens is 1. The third kappa shape index (κ3) is 3.85. The minimum atomic E-state index is -0.457. The van der Waals surface area contributed by atoms with E-state index in [1.165, 1.54) is 7.11 Å². The van der Waals surface area contributed by atoms with Gasteiger partial charge in [0.05, 0.1) is 23.7 Å². The quantitative estimate of drug-likeness (QED) is 0.572. The number of ether oxygens (including phenoxy) is 2. The van der Waals surface area contributed by atoms with Gasteiger partial charge in [0, 0.05) is 0 Å². The molecule has 0 unspecified atom stereocenters. The van der Waals surface area contributed by atoms with Crippen LogP contribution in [0.3, 0.4) is 0 Å². The van der Waals surface area contributed by atoms with Gasteiger partial charge < -0.3 is 14.5 Å². The monoisotopic (exact) mass is 333 g/mol. The molecule has 0 aliphatic heterocycles. The summed E-state index contributed by atoms with van der Waals surface area (Å²) >= 11 is 0. The Hall–Kier alpha value is -3.59. The number of esters is 1. The maximum atomic E-state index is 11.1. The number of carbonyl (C=O) groups is 1. The predicted octanol–water partition coefficient (Wildman–Crippen LogP) is 3.18. The molecule has 0 saturated carbocycles. The zero-order chi connectivity index (χ0) is 17.6. The topological polar surface area (TPSA) is 88.0 Å². The van der Waals surface area contributed by atoms with E-state index < -0.39 is 5.97 Å². The number of hydrogen-bond acceptors (Lipinski definition) is 5. The van der Waals surface area contributed by atoms with E-state index in [1.807, 2.05) is 30.3 Å². The first-order valence-electron chi connectivity index (χ1n) is 7.56. The molecule has 0 bridgehead atoms. The molecule has 1 heterocycles. The number of allylic oxidation sites excluding steroid dienone is 1. The van der Waals surface area contributed by atoms with E-state index in [1.54, 1.807) is 24.3 Å². The highest BCUT2D eigenvalue weighted by Crippen LogP contribution is 2.21. The van der Waals surface area contributed by atoms with E-state index in [4.69, 9.17) is 4.74 Å². The van der Waals surface area contributed by atoms with Gasteiger partial charge in [-0.15, -0.1) is 0 Å². The molecule has 3 aromatic rings. The molecular weight excluding hydrogens is 318 g/mol. The van der Waals surface area contributed by atoms with Crippen LogP contribution in [0.2, 0.25) is 0 Å². The van der Waals surface area contributed by atoms with Crippen LogP contribution in [0.25, 0.3) is 22.7 Å². The molecule has 3 rings (SSSR count). The molecular formula is C19H15N3O3. The molecule has 0 aliphatic rings. The van der Waals surface area contributed by atoms with Gasteiger partial charge in [0.25, 0.3) is 0 Å². The molecule has 0 atom stereocenters. The van der Waals surface area contributed by atoms with Crippen LogP contribution in [0, 0.1) is 11.3 Å². The van der Waals surface area contributed by atoms with E-state index in [0.717, 1.165) is 16.6 Å². The van der Waals surface area contributed by atoms with Crippen molar-refractivity contribution in [2.24, 2.45) is 0 Å². The molecule has 2 aromatic carbocycles. The van der Waals surface area contributed by atoms with Gasteiger partial charge in [-0.2, -0.15) is 5.26 Å². The van der Waals surface area contributed by atoms with Crippen molar-refractivity contribution < 1.29 is 14.3 Å². The van der Waals surface area contributed by atoms with Crippen molar-refractivity contribution in [1.82, 2.24) is 9.97 Å². The number of imidazole rings is 1. The Morgan fingerprint density at radius 3 is 2.88 bits per heavy atom. The van der Waals surface area contributed by atoms with Gasteiger partial charge in [-0.25, -0.2) is 9.78 Å². The number of fused-ring (bicyclic) bond motifs is 1. The molecule has 1 N–H and O–H groups in total. The van der Waals surface area contributed by atoms with Gasteiger partial charge in [-0.05, 0) is 35.9 Å². The molecule has 0 radical (unpaired) electrons. The summed E-state index contributed by atoms with van der Waals surface area (Å²) in [4.78, 5) is 18.7. The molecule has 6 nitrogen and oxygen atoms in total. The number of benzene rings is 2. The number of aromatic nitrogens is 2. The third-order valence-electron chi connectivity index (χ3n) is 3.52. The van der Waals surface area contributed by atoms with Crippen LogP contribution in [0.1, 0.15) is 11.4 Å². The normalized spacial score (nSPS) is 11.1. The van der Waals surface area contributed by atoms with Crippen molar-refractivity contribution in [3.8, 4) is 11.8 Å². The average molecular weight is 333 g/mol. The first-order chi connectivity index (χ1) is 12.2. The highest BCUT2D eigenvalue weighted by atomic mass is 16.6. The molecule has 25 heavy (non-hydrogen) atoms. The fourth-order valence-electron chi connectivity index (χ4n) is 2.30. The zero-order valence-electron chi connectivity index (χ0n) is 13.5. The Kier molecular flexibility index (Phi) is 4.77. The molecule has 0 fully saturated rings. The van der Waals surface area contributed by atoms with Crippen LogP contribution in [0.15, 0.2) is 48.5 Å². The first-order valence-corrected chi connectivity index (χ1v) is 7.56. The summed E-state index contributed by atoms with van der Waals surface area (Å²) in [5.41, 5.74) is 2.84. The van der Waals surface area contributed by atoms with Gasteiger partial charge in [-0.3, -0.25) is 0 Å². The lowest BCUT2D eigenvalue weighted by Gasteiger charge is -2.05. The van der Waals surface area contributed by atoms with Crippen LogP contribution in [0.5, 0.6) is 5.75 Å². The Morgan fingerprint density at radius 2 is 2.12 bits per heavy atom. The fourth-order valence-corrected chi connectivity index (χ4v) is 2.30. The largest absolute Gasteiger partial charge is 0.482 e. The van der Waals surface area contributed by atoms with Crippen LogP contribution in [-0.2, 0) is 9.53 Å². The minimum absolute atomic E-state index is 0.168. The smallest absolute Gasteiger partial charge is 0.343 e. The molecule has 1 aromatic heterocycles. The highest BCUT2D eigenvalue weighted by molar-refractivity contribution is 5.90. The lowest BCUT2D eigenvalue weighted by atomic mass is 10.1. The second kappa shape index (κ2) is 7.32. The summed E-state index contributed by atoms with van der Waals surface area (Å²) in [6.45, 7) is -0.168. The number of nitrogens with zero attached hydrogens (tertiary/aromatic N) is 2. The van der Waals surface area contributed by atoms with Gasteiger partial charge in [0.15, 0.2) is 6.61 Å². The number of aromatic amines is 1. The molecule has 0 amide bonds. The number of nitriles is 1. The Labute approximate surface area is 144 Å². The van der Waals surface area contributed by atoms with Crippen LogP contribution in [0.4, 0.5) is 0 Å². The van der Waals surface area contributed by atoms with Crippen LogP contribution < -0.4 is 4.74 Å². The SMILES string of the molecule is COC(=O)COc1cccc(/C=C(\C#N)c2nc3ccccc3[nH]2)c1. The van der Waals surface area contributed by atoms with E-state index in [2.05, 4.69) is 20.8 Å². The minimum Gasteiger partial charge on any atom is -0.482 e. The van der Waals surface area contributed by atoms with E-state index in [0.29, 0.717) is 17.1 Å².